The third-order valence-corrected chi connectivity index (χ3v) is 2.47. The number of nitrogen functional groups attached to an aromatic ring is 2. The Morgan fingerprint density at radius 3 is 2.18 bits per heavy atom. The zero-order valence-electron chi connectivity index (χ0n) is 8.42. The van der Waals surface area contributed by atoms with E-state index in [9.17, 15) is 4.39 Å². The highest BCUT2D eigenvalue weighted by molar-refractivity contribution is 6.33. The van der Waals surface area contributed by atoms with Crippen LogP contribution in [0.1, 0.15) is 0 Å². The molecule has 1 aromatic carbocycles. The van der Waals surface area contributed by atoms with Gasteiger partial charge in [0, 0.05) is 11.6 Å². The summed E-state index contributed by atoms with van der Waals surface area (Å²) in [6.45, 7) is 0. The van der Waals surface area contributed by atoms with Gasteiger partial charge in [-0.1, -0.05) is 23.2 Å². The van der Waals surface area contributed by atoms with Crippen molar-refractivity contribution in [3.8, 4) is 11.4 Å². The summed E-state index contributed by atoms with van der Waals surface area (Å²) in [6.07, 6.45) is 0. The summed E-state index contributed by atoms with van der Waals surface area (Å²) < 4.78 is 13.2. The maximum atomic E-state index is 13.2. The van der Waals surface area contributed by atoms with Crippen LogP contribution in [0.25, 0.3) is 11.4 Å². The normalized spacial score (nSPS) is 10.5. The van der Waals surface area contributed by atoms with Gasteiger partial charge in [0.25, 0.3) is 0 Å². The van der Waals surface area contributed by atoms with Crippen LogP contribution in [0.3, 0.4) is 0 Å². The van der Waals surface area contributed by atoms with Gasteiger partial charge in [-0.05, 0) is 12.1 Å². The van der Waals surface area contributed by atoms with Crippen molar-refractivity contribution in [3.05, 3.63) is 34.3 Å². The summed E-state index contributed by atoms with van der Waals surface area (Å²) >= 11 is 11.5. The van der Waals surface area contributed by atoms with Gasteiger partial charge in [-0.15, -0.1) is 0 Å². The molecule has 4 nitrogen and oxygen atoms in total. The molecule has 0 aliphatic carbocycles. The average Bonchev–Trinajstić information content (AvgIpc) is 2.22. The molecular weight excluding hydrogens is 266 g/mol. The molecule has 7 heteroatoms. The standard InChI is InChI=1S/C10H7Cl2FN4/c11-7-3-8(12)17-10(16-7)5-1-4(13)2-6(14)9(5)15/h1-3H,14-15H2. The average molecular weight is 273 g/mol. The van der Waals surface area contributed by atoms with E-state index in [1.54, 1.807) is 0 Å². The van der Waals surface area contributed by atoms with Crippen LogP contribution in [0.5, 0.6) is 0 Å². The van der Waals surface area contributed by atoms with Crippen LogP contribution < -0.4 is 11.5 Å². The fourth-order valence-electron chi connectivity index (χ4n) is 1.33. The topological polar surface area (TPSA) is 77.8 Å². The van der Waals surface area contributed by atoms with Crippen molar-refractivity contribution in [2.24, 2.45) is 0 Å². The van der Waals surface area contributed by atoms with E-state index >= 15 is 0 Å². The van der Waals surface area contributed by atoms with Gasteiger partial charge >= 0.3 is 0 Å². The lowest BCUT2D eigenvalue weighted by Crippen LogP contribution is -2.01. The zero-order valence-corrected chi connectivity index (χ0v) is 9.93. The lowest BCUT2D eigenvalue weighted by Gasteiger charge is -2.08. The molecule has 0 saturated heterocycles. The lowest BCUT2D eigenvalue weighted by molar-refractivity contribution is 0.629. The monoisotopic (exact) mass is 272 g/mol. The Bertz CT molecular complexity index is 569. The Morgan fingerprint density at radius 2 is 1.59 bits per heavy atom. The SMILES string of the molecule is Nc1cc(F)cc(-c2nc(Cl)cc(Cl)n2)c1N. The van der Waals surface area contributed by atoms with Gasteiger partial charge in [-0.2, -0.15) is 0 Å². The summed E-state index contributed by atoms with van der Waals surface area (Å²) in [5, 5.41) is 0.282. The van der Waals surface area contributed by atoms with E-state index in [1.165, 1.54) is 12.1 Å². The molecule has 0 saturated carbocycles. The minimum atomic E-state index is -0.536. The Kier molecular flexibility index (Phi) is 3.04. The molecule has 0 bridgehead atoms. The largest absolute Gasteiger partial charge is 0.397 e. The number of hydrogen-bond donors (Lipinski definition) is 2. The fraction of sp³-hybridized carbons (Fsp3) is 0. The second-order valence-corrected chi connectivity index (χ2v) is 4.07. The molecule has 0 radical (unpaired) electrons. The van der Waals surface area contributed by atoms with Crippen LogP contribution in [-0.4, -0.2) is 9.97 Å². The van der Waals surface area contributed by atoms with Gasteiger partial charge in [0.15, 0.2) is 5.82 Å². The number of rotatable bonds is 1. The molecule has 4 N–H and O–H groups in total. The number of aromatic nitrogens is 2. The highest BCUT2D eigenvalue weighted by Gasteiger charge is 2.12. The highest BCUT2D eigenvalue weighted by Crippen LogP contribution is 2.30. The van der Waals surface area contributed by atoms with E-state index < -0.39 is 5.82 Å². The van der Waals surface area contributed by atoms with E-state index in [1.807, 2.05) is 0 Å². The summed E-state index contributed by atoms with van der Waals surface area (Å²) in [6, 6.07) is 3.66. The molecule has 17 heavy (non-hydrogen) atoms. The van der Waals surface area contributed by atoms with Crippen LogP contribution >= 0.6 is 23.2 Å². The van der Waals surface area contributed by atoms with Crippen molar-refractivity contribution in [2.75, 3.05) is 11.5 Å². The molecule has 2 aromatic rings. The molecule has 88 valence electrons. The molecular formula is C10H7Cl2FN4. The van der Waals surface area contributed by atoms with Crippen molar-refractivity contribution < 1.29 is 4.39 Å². The molecule has 0 aliphatic rings. The first-order valence-corrected chi connectivity index (χ1v) is 5.28. The minimum Gasteiger partial charge on any atom is -0.397 e. The van der Waals surface area contributed by atoms with Gasteiger partial charge in [-0.3, -0.25) is 0 Å². The summed E-state index contributed by atoms with van der Waals surface area (Å²) in [5.74, 6) is -0.405. The van der Waals surface area contributed by atoms with E-state index in [0.717, 1.165) is 6.07 Å². The maximum absolute atomic E-state index is 13.2. The molecule has 0 atom stereocenters. The van der Waals surface area contributed by atoms with Crippen molar-refractivity contribution in [2.45, 2.75) is 0 Å². The van der Waals surface area contributed by atoms with Gasteiger partial charge in [0.05, 0.1) is 11.4 Å². The first-order valence-electron chi connectivity index (χ1n) is 4.52. The van der Waals surface area contributed by atoms with E-state index in [2.05, 4.69) is 9.97 Å². The van der Waals surface area contributed by atoms with Gasteiger partial charge < -0.3 is 11.5 Å². The van der Waals surface area contributed by atoms with Gasteiger partial charge in [0.1, 0.15) is 16.1 Å². The van der Waals surface area contributed by atoms with Crippen molar-refractivity contribution in [3.63, 3.8) is 0 Å². The molecule has 0 aliphatic heterocycles. The third-order valence-electron chi connectivity index (χ3n) is 2.08. The number of nitrogens with two attached hydrogens (primary N) is 2. The molecule has 0 spiro atoms. The van der Waals surface area contributed by atoms with E-state index in [4.69, 9.17) is 34.7 Å². The van der Waals surface area contributed by atoms with Crippen molar-refractivity contribution in [1.29, 1.82) is 0 Å². The maximum Gasteiger partial charge on any atom is 0.164 e. The van der Waals surface area contributed by atoms with Crippen LogP contribution in [-0.2, 0) is 0 Å². The predicted molar refractivity (Wildman–Crippen MR) is 66.3 cm³/mol. The smallest absolute Gasteiger partial charge is 0.164 e. The molecule has 1 aromatic heterocycles. The number of benzene rings is 1. The molecule has 0 unspecified atom stereocenters. The van der Waals surface area contributed by atoms with Gasteiger partial charge in [-0.25, -0.2) is 14.4 Å². The first kappa shape index (κ1) is 11.9. The summed E-state index contributed by atoms with van der Waals surface area (Å²) in [7, 11) is 0. The number of nitrogens with zero attached hydrogens (tertiary/aromatic N) is 2. The Morgan fingerprint density at radius 1 is 1.00 bits per heavy atom. The number of anilines is 2. The van der Waals surface area contributed by atoms with E-state index in [-0.39, 0.29) is 33.1 Å². The number of halogens is 3. The fourth-order valence-corrected chi connectivity index (χ4v) is 1.76. The zero-order chi connectivity index (χ0) is 12.6. The Balaban J connectivity index is 2.67. The molecule has 0 fully saturated rings. The molecule has 2 rings (SSSR count). The predicted octanol–water partition coefficient (Wildman–Crippen LogP) is 2.75. The van der Waals surface area contributed by atoms with Crippen molar-refractivity contribution in [1.82, 2.24) is 9.97 Å². The van der Waals surface area contributed by atoms with E-state index in [0.29, 0.717) is 0 Å². The van der Waals surface area contributed by atoms with Gasteiger partial charge in [0.2, 0.25) is 0 Å². The lowest BCUT2D eigenvalue weighted by atomic mass is 10.1. The molecule has 0 amide bonds. The highest BCUT2D eigenvalue weighted by atomic mass is 35.5. The van der Waals surface area contributed by atoms with Crippen LogP contribution in [0.15, 0.2) is 18.2 Å². The Labute approximate surface area is 106 Å². The summed E-state index contributed by atoms with van der Waals surface area (Å²) in [5.41, 5.74) is 11.8. The summed E-state index contributed by atoms with van der Waals surface area (Å²) in [4.78, 5) is 7.83. The molecule has 1 heterocycles. The van der Waals surface area contributed by atoms with Crippen LogP contribution in [0.2, 0.25) is 10.3 Å². The number of hydrogen-bond acceptors (Lipinski definition) is 4. The second kappa shape index (κ2) is 4.35. The Hall–Kier alpha value is -1.59. The second-order valence-electron chi connectivity index (χ2n) is 3.29. The third kappa shape index (κ3) is 2.40. The van der Waals surface area contributed by atoms with Crippen LogP contribution in [0, 0.1) is 5.82 Å². The first-order chi connectivity index (χ1) is 7.97. The van der Waals surface area contributed by atoms with Crippen molar-refractivity contribution >= 4 is 34.6 Å². The minimum absolute atomic E-state index is 0.111. The quantitative estimate of drug-likeness (QED) is 0.618. The van der Waals surface area contributed by atoms with Crippen LogP contribution in [0.4, 0.5) is 15.8 Å².